The maximum absolute atomic E-state index is 12.4. The molecule has 30 heavy (non-hydrogen) atoms. The Hall–Kier alpha value is -3.45. The predicted molar refractivity (Wildman–Crippen MR) is 111 cm³/mol. The summed E-state index contributed by atoms with van der Waals surface area (Å²) in [6.45, 7) is 0.696. The van der Waals surface area contributed by atoms with Crippen LogP contribution in [0.15, 0.2) is 72.8 Å². The first-order chi connectivity index (χ1) is 14.3. The van der Waals surface area contributed by atoms with Crippen molar-refractivity contribution in [3.05, 3.63) is 83.9 Å². The third-order valence-electron chi connectivity index (χ3n) is 4.55. The van der Waals surface area contributed by atoms with E-state index in [1.807, 2.05) is 62.6 Å². The second kappa shape index (κ2) is 10.9. The summed E-state index contributed by atoms with van der Waals surface area (Å²) in [6, 6.07) is 20.2. The van der Waals surface area contributed by atoms with Gasteiger partial charge in [0, 0.05) is 24.6 Å². The highest BCUT2D eigenvalue weighted by molar-refractivity contribution is 5.89. The van der Waals surface area contributed by atoms with Gasteiger partial charge >= 0.3 is 17.9 Å². The van der Waals surface area contributed by atoms with Crippen LogP contribution in [0.25, 0.3) is 0 Å². The molecule has 7 nitrogen and oxygen atoms in total. The van der Waals surface area contributed by atoms with Gasteiger partial charge in [-0.1, -0.05) is 60.7 Å². The molecule has 7 heteroatoms. The second-order valence-electron chi connectivity index (χ2n) is 7.08. The summed E-state index contributed by atoms with van der Waals surface area (Å²) in [7, 11) is 3.98. The molecule has 0 amide bonds. The van der Waals surface area contributed by atoms with Gasteiger partial charge in [-0.15, -0.1) is 0 Å². The number of hydrogen-bond acceptors (Lipinski definition) is 5. The molecule has 3 atom stereocenters. The monoisotopic (exact) mass is 411 g/mol. The Bertz CT molecular complexity index is 863. The van der Waals surface area contributed by atoms with Gasteiger partial charge in [0.2, 0.25) is 0 Å². The number of hydrogen-bond donors (Lipinski definition) is 2. The van der Waals surface area contributed by atoms with Crippen LogP contribution in [0, 0.1) is 5.92 Å². The molecule has 0 bridgehead atoms. The number of rotatable bonds is 6. The number of aliphatic carboxylic acids is 2. The first-order valence-electron chi connectivity index (χ1n) is 9.38. The molecule has 1 aliphatic heterocycles. The summed E-state index contributed by atoms with van der Waals surface area (Å²) >= 11 is 0. The van der Waals surface area contributed by atoms with Crippen molar-refractivity contribution in [1.82, 2.24) is 4.90 Å². The largest absolute Gasteiger partial charge is 0.478 e. The third kappa shape index (κ3) is 6.56. The summed E-state index contributed by atoms with van der Waals surface area (Å²) in [5.41, 5.74) is 2.22. The maximum Gasteiger partial charge on any atom is 0.328 e. The van der Waals surface area contributed by atoms with Crippen molar-refractivity contribution in [2.75, 3.05) is 20.6 Å². The van der Waals surface area contributed by atoms with E-state index in [4.69, 9.17) is 14.9 Å². The standard InChI is InChI=1S/C19H21NO2.C4H4O4/c1-20(2)13-16-17(14-9-5-3-6-10-14)18(22-19(16)21)15-11-7-4-8-12-15;5-3(6)1-2-4(7)8/h3-12,16-18H,13H2,1-2H3;1-2H,(H,5,6)(H,7,8)/b;2-1+/t16-,17+,18+;/m0./s1. The van der Waals surface area contributed by atoms with Gasteiger partial charge in [-0.05, 0) is 25.2 Å². The zero-order valence-corrected chi connectivity index (χ0v) is 16.8. The lowest BCUT2D eigenvalue weighted by molar-refractivity contribution is -0.144. The molecule has 1 aliphatic rings. The van der Waals surface area contributed by atoms with Crippen LogP contribution < -0.4 is 0 Å². The Labute approximate surface area is 175 Å². The van der Waals surface area contributed by atoms with E-state index in [-0.39, 0.29) is 23.9 Å². The number of nitrogens with zero attached hydrogens (tertiary/aromatic N) is 1. The fraction of sp³-hybridized carbons (Fsp3) is 0.261. The number of ether oxygens (including phenoxy) is 1. The number of carboxylic acid groups (broad SMARTS) is 2. The minimum Gasteiger partial charge on any atom is -0.478 e. The zero-order chi connectivity index (χ0) is 22.1. The number of carbonyl (C=O) groups is 3. The molecule has 2 aromatic rings. The van der Waals surface area contributed by atoms with Crippen molar-refractivity contribution in [3.8, 4) is 0 Å². The zero-order valence-electron chi connectivity index (χ0n) is 16.8. The first kappa shape index (κ1) is 22.8. The number of cyclic esters (lactones) is 1. The summed E-state index contributed by atoms with van der Waals surface area (Å²) in [5.74, 6) is -2.70. The molecular formula is C23H25NO6. The smallest absolute Gasteiger partial charge is 0.328 e. The lowest BCUT2D eigenvalue weighted by Gasteiger charge is -2.23. The molecule has 2 aromatic carbocycles. The molecule has 158 valence electrons. The number of benzene rings is 2. The topological polar surface area (TPSA) is 104 Å². The van der Waals surface area contributed by atoms with Gasteiger partial charge in [-0.3, -0.25) is 4.79 Å². The second-order valence-corrected chi connectivity index (χ2v) is 7.08. The Kier molecular flexibility index (Phi) is 8.31. The van der Waals surface area contributed by atoms with E-state index < -0.39 is 11.9 Å². The van der Waals surface area contributed by atoms with Crippen LogP contribution in [-0.4, -0.2) is 53.7 Å². The molecule has 0 saturated carbocycles. The van der Waals surface area contributed by atoms with Gasteiger partial charge in [-0.25, -0.2) is 9.59 Å². The highest BCUT2D eigenvalue weighted by atomic mass is 16.6. The van der Waals surface area contributed by atoms with E-state index in [0.29, 0.717) is 18.7 Å². The number of carbonyl (C=O) groups excluding carboxylic acids is 1. The average Bonchev–Trinajstić information content (AvgIpc) is 3.04. The van der Waals surface area contributed by atoms with Crippen molar-refractivity contribution in [2.45, 2.75) is 12.0 Å². The summed E-state index contributed by atoms with van der Waals surface area (Å²) < 4.78 is 5.76. The van der Waals surface area contributed by atoms with Gasteiger partial charge < -0.3 is 19.8 Å². The fourth-order valence-electron chi connectivity index (χ4n) is 3.37. The third-order valence-corrected chi connectivity index (χ3v) is 4.55. The normalized spacial score (nSPS) is 20.5. The van der Waals surface area contributed by atoms with Gasteiger partial charge in [0.05, 0.1) is 5.92 Å². The Morgan fingerprint density at radius 2 is 1.37 bits per heavy atom. The van der Waals surface area contributed by atoms with Crippen LogP contribution in [0.4, 0.5) is 0 Å². The van der Waals surface area contributed by atoms with Crippen LogP contribution in [0.1, 0.15) is 23.1 Å². The number of carboxylic acids is 2. The summed E-state index contributed by atoms with van der Waals surface area (Å²) in [6.07, 6.45) is 0.908. The molecule has 0 spiro atoms. The van der Waals surface area contributed by atoms with E-state index in [9.17, 15) is 14.4 Å². The minimum absolute atomic E-state index is 0.0542. The van der Waals surface area contributed by atoms with Crippen molar-refractivity contribution < 1.29 is 29.3 Å². The fourth-order valence-corrected chi connectivity index (χ4v) is 3.37. The van der Waals surface area contributed by atoms with Crippen LogP contribution in [0.5, 0.6) is 0 Å². The van der Waals surface area contributed by atoms with E-state index in [2.05, 4.69) is 17.0 Å². The van der Waals surface area contributed by atoms with Crippen molar-refractivity contribution >= 4 is 17.9 Å². The van der Waals surface area contributed by atoms with Crippen LogP contribution in [-0.2, 0) is 19.1 Å². The Morgan fingerprint density at radius 3 is 1.80 bits per heavy atom. The molecule has 1 saturated heterocycles. The Morgan fingerprint density at radius 1 is 0.900 bits per heavy atom. The van der Waals surface area contributed by atoms with Crippen LogP contribution >= 0.6 is 0 Å². The van der Waals surface area contributed by atoms with Crippen LogP contribution in [0.2, 0.25) is 0 Å². The minimum atomic E-state index is -1.26. The lowest BCUT2D eigenvalue weighted by atomic mass is 9.81. The number of esters is 1. The molecule has 0 radical (unpaired) electrons. The molecule has 3 rings (SSSR count). The average molecular weight is 411 g/mol. The lowest BCUT2D eigenvalue weighted by Crippen LogP contribution is -2.28. The van der Waals surface area contributed by atoms with Gasteiger partial charge in [0.15, 0.2) is 0 Å². The molecule has 1 fully saturated rings. The molecule has 0 unspecified atom stereocenters. The van der Waals surface area contributed by atoms with Crippen molar-refractivity contribution in [3.63, 3.8) is 0 Å². The van der Waals surface area contributed by atoms with E-state index in [1.54, 1.807) is 0 Å². The van der Waals surface area contributed by atoms with Gasteiger partial charge in [-0.2, -0.15) is 0 Å². The van der Waals surface area contributed by atoms with Crippen molar-refractivity contribution in [1.29, 1.82) is 0 Å². The Balaban J connectivity index is 0.000000343. The van der Waals surface area contributed by atoms with E-state index in [0.717, 1.165) is 11.1 Å². The summed E-state index contributed by atoms with van der Waals surface area (Å²) in [5, 5.41) is 15.6. The van der Waals surface area contributed by atoms with Gasteiger partial charge in [0.25, 0.3) is 0 Å². The maximum atomic E-state index is 12.4. The molecule has 2 N–H and O–H groups in total. The molecular weight excluding hydrogens is 386 g/mol. The SMILES string of the molecule is CN(C)C[C@@H]1C(=O)O[C@H](c2ccccc2)[C@@H]1c1ccccc1.O=C(O)/C=C/C(=O)O. The van der Waals surface area contributed by atoms with E-state index >= 15 is 0 Å². The summed E-state index contributed by atoms with van der Waals surface area (Å²) in [4.78, 5) is 33.6. The molecule has 1 heterocycles. The van der Waals surface area contributed by atoms with E-state index in [1.165, 1.54) is 0 Å². The predicted octanol–water partition coefficient (Wildman–Crippen LogP) is 2.96. The van der Waals surface area contributed by atoms with Crippen molar-refractivity contribution in [2.24, 2.45) is 5.92 Å². The first-order valence-corrected chi connectivity index (χ1v) is 9.38. The molecule has 0 aromatic heterocycles. The highest BCUT2D eigenvalue weighted by Gasteiger charge is 2.46. The quantitative estimate of drug-likeness (QED) is 0.556. The van der Waals surface area contributed by atoms with Gasteiger partial charge in [0.1, 0.15) is 6.10 Å². The highest BCUT2D eigenvalue weighted by Crippen LogP contribution is 2.46. The molecule has 0 aliphatic carbocycles. The van der Waals surface area contributed by atoms with Crippen LogP contribution in [0.3, 0.4) is 0 Å².